The number of esters is 2. The Morgan fingerprint density at radius 1 is 0.839 bits per heavy atom. The molecule has 1 aliphatic rings. The number of hydrogen-bond donors (Lipinski definition) is 2. The molecule has 1 fully saturated rings. The standard InChI is InChI=1S/C23H26O8/c1-5-22(26)19(24)31-23(27,20(25)30-22)14-29-18-12-8-16(9-13-18)21(2,3)15-6-10-17(28-4)11-7-15/h6-13,26-27H,5,14H2,1-4H3. The third-order valence-electron chi connectivity index (χ3n) is 5.46. The molecule has 3 rings (SSSR count). The average molecular weight is 430 g/mol. The second-order valence-corrected chi connectivity index (χ2v) is 7.87. The number of methoxy groups -OCH3 is 1. The van der Waals surface area contributed by atoms with Gasteiger partial charge in [-0.3, -0.25) is 0 Å². The zero-order valence-electron chi connectivity index (χ0n) is 17.9. The molecule has 0 amide bonds. The van der Waals surface area contributed by atoms with E-state index < -0.39 is 30.1 Å². The molecule has 0 radical (unpaired) electrons. The molecule has 2 aromatic rings. The van der Waals surface area contributed by atoms with Gasteiger partial charge in [0.25, 0.3) is 0 Å². The Morgan fingerprint density at radius 2 is 1.29 bits per heavy atom. The lowest BCUT2D eigenvalue weighted by Crippen LogP contribution is -2.62. The molecule has 166 valence electrons. The van der Waals surface area contributed by atoms with Gasteiger partial charge in [0.2, 0.25) is 0 Å². The van der Waals surface area contributed by atoms with Crippen molar-refractivity contribution in [1.29, 1.82) is 0 Å². The Morgan fingerprint density at radius 3 is 1.77 bits per heavy atom. The molecule has 0 bridgehead atoms. The molecule has 2 N–H and O–H groups in total. The second kappa shape index (κ2) is 8.20. The molecular formula is C23H26O8. The van der Waals surface area contributed by atoms with E-state index in [0.29, 0.717) is 5.75 Å². The van der Waals surface area contributed by atoms with Crippen molar-refractivity contribution in [2.24, 2.45) is 0 Å². The van der Waals surface area contributed by atoms with E-state index in [2.05, 4.69) is 18.6 Å². The summed E-state index contributed by atoms with van der Waals surface area (Å²) in [4.78, 5) is 23.9. The molecule has 0 saturated carbocycles. The van der Waals surface area contributed by atoms with Crippen molar-refractivity contribution in [2.75, 3.05) is 13.7 Å². The van der Waals surface area contributed by atoms with Gasteiger partial charge in [-0.15, -0.1) is 0 Å². The van der Waals surface area contributed by atoms with Gasteiger partial charge in [-0.05, 0) is 35.4 Å². The third kappa shape index (κ3) is 4.35. The van der Waals surface area contributed by atoms with Crippen LogP contribution < -0.4 is 9.47 Å². The van der Waals surface area contributed by atoms with Gasteiger partial charge in [0, 0.05) is 11.8 Å². The zero-order valence-corrected chi connectivity index (χ0v) is 17.9. The van der Waals surface area contributed by atoms with Gasteiger partial charge < -0.3 is 29.2 Å². The summed E-state index contributed by atoms with van der Waals surface area (Å²) < 4.78 is 20.0. The number of cyclic esters (lactones) is 2. The molecule has 1 saturated heterocycles. The fourth-order valence-electron chi connectivity index (χ4n) is 3.18. The highest BCUT2D eigenvalue weighted by atomic mass is 16.8. The smallest absolute Gasteiger partial charge is 0.386 e. The molecule has 1 heterocycles. The van der Waals surface area contributed by atoms with Gasteiger partial charge in [0.1, 0.15) is 11.5 Å². The number of carbonyl (C=O) groups is 2. The number of aliphatic hydroxyl groups is 2. The fourth-order valence-corrected chi connectivity index (χ4v) is 3.18. The zero-order chi connectivity index (χ0) is 22.9. The maximum Gasteiger partial charge on any atom is 0.386 e. The van der Waals surface area contributed by atoms with Crippen LogP contribution in [0.3, 0.4) is 0 Å². The van der Waals surface area contributed by atoms with Crippen LogP contribution in [0, 0.1) is 0 Å². The molecule has 0 aromatic heterocycles. The summed E-state index contributed by atoms with van der Waals surface area (Å²) in [6.07, 6.45) is -0.208. The van der Waals surface area contributed by atoms with Crippen LogP contribution >= 0.6 is 0 Å². The minimum atomic E-state index is -2.64. The molecule has 2 unspecified atom stereocenters. The Labute approximate surface area is 180 Å². The molecule has 1 aliphatic heterocycles. The molecule has 2 atom stereocenters. The highest BCUT2D eigenvalue weighted by molar-refractivity contribution is 5.90. The van der Waals surface area contributed by atoms with Crippen LogP contribution in [-0.4, -0.2) is 47.4 Å². The monoisotopic (exact) mass is 430 g/mol. The predicted molar refractivity (Wildman–Crippen MR) is 109 cm³/mol. The minimum absolute atomic E-state index is 0.208. The lowest BCUT2D eigenvalue weighted by molar-refractivity contribution is -0.304. The normalized spacial score (nSPS) is 23.7. The van der Waals surface area contributed by atoms with E-state index in [1.165, 1.54) is 6.92 Å². The quantitative estimate of drug-likeness (QED) is 0.644. The van der Waals surface area contributed by atoms with E-state index in [4.69, 9.17) is 14.2 Å². The van der Waals surface area contributed by atoms with Gasteiger partial charge in [0.05, 0.1) is 7.11 Å². The highest BCUT2D eigenvalue weighted by Gasteiger charge is 2.57. The topological polar surface area (TPSA) is 112 Å². The van der Waals surface area contributed by atoms with Crippen molar-refractivity contribution in [2.45, 2.75) is 44.2 Å². The van der Waals surface area contributed by atoms with Crippen molar-refractivity contribution in [3.63, 3.8) is 0 Å². The average Bonchev–Trinajstić information content (AvgIpc) is 2.77. The highest BCUT2D eigenvalue weighted by Crippen LogP contribution is 2.34. The Balaban J connectivity index is 1.69. The number of carbonyl (C=O) groups excluding carboxylic acids is 2. The maximum atomic E-state index is 12.0. The summed E-state index contributed by atoms with van der Waals surface area (Å²) in [6.45, 7) is 4.92. The predicted octanol–water partition coefficient (Wildman–Crippen LogP) is 2.29. The first-order valence-electron chi connectivity index (χ1n) is 9.83. The summed E-state index contributed by atoms with van der Waals surface area (Å²) >= 11 is 0. The summed E-state index contributed by atoms with van der Waals surface area (Å²) in [6, 6.07) is 14.9. The summed E-state index contributed by atoms with van der Waals surface area (Å²) in [5, 5.41) is 20.2. The molecule has 31 heavy (non-hydrogen) atoms. The Bertz CT molecular complexity index is 951. The number of ether oxygens (including phenoxy) is 4. The SMILES string of the molecule is CCC1(O)OC(=O)C(O)(COc2ccc(C(C)(C)c3ccc(OC)cc3)cc2)OC1=O. The van der Waals surface area contributed by atoms with Crippen LogP contribution in [0.1, 0.15) is 38.3 Å². The van der Waals surface area contributed by atoms with Crippen LogP contribution in [0.5, 0.6) is 11.5 Å². The minimum Gasteiger partial charge on any atom is -0.497 e. The molecule has 8 heteroatoms. The van der Waals surface area contributed by atoms with E-state index in [0.717, 1.165) is 16.9 Å². The maximum absolute atomic E-state index is 12.0. The van der Waals surface area contributed by atoms with Crippen LogP contribution in [-0.2, 0) is 24.5 Å². The lowest BCUT2D eigenvalue weighted by atomic mass is 9.78. The number of hydrogen-bond acceptors (Lipinski definition) is 8. The van der Waals surface area contributed by atoms with Crippen LogP contribution in [0.15, 0.2) is 48.5 Å². The first-order chi connectivity index (χ1) is 14.5. The van der Waals surface area contributed by atoms with Crippen molar-refractivity contribution in [3.05, 3.63) is 59.7 Å². The van der Waals surface area contributed by atoms with Crippen LogP contribution in [0.4, 0.5) is 0 Å². The molecule has 0 aliphatic carbocycles. The summed E-state index contributed by atoms with van der Waals surface area (Å²) in [5.74, 6) is -6.47. The van der Waals surface area contributed by atoms with Gasteiger partial charge in [-0.2, -0.15) is 0 Å². The van der Waals surface area contributed by atoms with Crippen molar-refractivity contribution >= 4 is 11.9 Å². The second-order valence-electron chi connectivity index (χ2n) is 7.87. The van der Waals surface area contributed by atoms with E-state index in [-0.39, 0.29) is 11.8 Å². The first-order valence-corrected chi connectivity index (χ1v) is 9.83. The van der Waals surface area contributed by atoms with E-state index in [1.54, 1.807) is 19.2 Å². The van der Waals surface area contributed by atoms with Crippen molar-refractivity contribution in [1.82, 2.24) is 0 Å². The fraction of sp³-hybridized carbons (Fsp3) is 0.391. The molecule has 2 aromatic carbocycles. The van der Waals surface area contributed by atoms with Gasteiger partial charge in [-0.1, -0.05) is 45.0 Å². The molecule has 8 nitrogen and oxygen atoms in total. The first kappa shape index (κ1) is 22.6. The summed E-state index contributed by atoms with van der Waals surface area (Å²) in [5.41, 5.74) is 1.81. The van der Waals surface area contributed by atoms with Gasteiger partial charge >= 0.3 is 23.5 Å². The number of benzene rings is 2. The number of rotatable bonds is 7. The molecular weight excluding hydrogens is 404 g/mol. The van der Waals surface area contributed by atoms with Gasteiger partial charge in [0.15, 0.2) is 6.61 Å². The van der Waals surface area contributed by atoms with E-state index in [9.17, 15) is 19.8 Å². The van der Waals surface area contributed by atoms with Crippen molar-refractivity contribution < 1.29 is 38.7 Å². The summed E-state index contributed by atoms with van der Waals surface area (Å²) in [7, 11) is 1.62. The Kier molecular flexibility index (Phi) is 5.98. The largest absolute Gasteiger partial charge is 0.497 e. The van der Waals surface area contributed by atoms with E-state index in [1.807, 2.05) is 36.4 Å². The van der Waals surface area contributed by atoms with Crippen LogP contribution in [0.25, 0.3) is 0 Å². The van der Waals surface area contributed by atoms with Crippen LogP contribution in [0.2, 0.25) is 0 Å². The molecule has 0 spiro atoms. The Hall–Kier alpha value is -3.10. The van der Waals surface area contributed by atoms with Gasteiger partial charge in [-0.25, -0.2) is 9.59 Å². The lowest BCUT2D eigenvalue weighted by Gasteiger charge is -2.36. The van der Waals surface area contributed by atoms with Crippen molar-refractivity contribution in [3.8, 4) is 11.5 Å². The third-order valence-corrected chi connectivity index (χ3v) is 5.46. The van der Waals surface area contributed by atoms with E-state index >= 15 is 0 Å².